The lowest BCUT2D eigenvalue weighted by molar-refractivity contribution is 0.126. The molecule has 2 saturated heterocycles. The van der Waals surface area contributed by atoms with Gasteiger partial charge in [0.25, 0.3) is 0 Å². The summed E-state index contributed by atoms with van der Waals surface area (Å²) >= 11 is 22.6. The standard InChI is InChI=1S/2C21H35ClN4S.4ClH.H2O/c2*1-2-3-4-5-11-23-21(27)24-12-6-13-25-14-16-26(17-15-25)18-19-7-9-20(22)10-8-19;;;;;/h2*7-10H,2-6,11-18H2,1H3,(H2,23,24,27);4*1H;1H2. The number of hydrogen-bond donors (Lipinski definition) is 4. The van der Waals surface area contributed by atoms with Gasteiger partial charge in [0.1, 0.15) is 0 Å². The lowest BCUT2D eigenvalue weighted by atomic mass is 10.2. The van der Waals surface area contributed by atoms with Crippen molar-refractivity contribution in [1.29, 1.82) is 0 Å². The summed E-state index contributed by atoms with van der Waals surface area (Å²) in [5, 5.41) is 16.5. The summed E-state index contributed by atoms with van der Waals surface area (Å²) in [5.74, 6) is 0. The van der Waals surface area contributed by atoms with E-state index in [1.165, 1.54) is 62.5 Å². The monoisotopic (exact) mass is 982 g/mol. The second kappa shape index (κ2) is 40.2. The fourth-order valence-corrected chi connectivity index (χ4v) is 7.34. The Morgan fingerprint density at radius 2 is 0.746 bits per heavy atom. The predicted octanol–water partition coefficient (Wildman–Crippen LogP) is 8.65. The maximum absolute atomic E-state index is 5.96. The highest BCUT2D eigenvalue weighted by Gasteiger charge is 2.18. The van der Waals surface area contributed by atoms with Gasteiger partial charge in [-0.15, -0.1) is 49.6 Å². The van der Waals surface area contributed by atoms with E-state index in [2.05, 4.69) is 79.0 Å². The Morgan fingerprint density at radius 3 is 1.05 bits per heavy atom. The maximum atomic E-state index is 5.96. The zero-order valence-electron chi connectivity index (χ0n) is 35.5. The highest BCUT2D eigenvalue weighted by molar-refractivity contribution is 7.80. The van der Waals surface area contributed by atoms with Crippen molar-refractivity contribution in [3.8, 4) is 0 Å². The third kappa shape index (κ3) is 31.0. The average molecular weight is 986 g/mol. The van der Waals surface area contributed by atoms with Gasteiger partial charge >= 0.3 is 0 Å². The summed E-state index contributed by atoms with van der Waals surface area (Å²) in [6.07, 6.45) is 12.4. The molecule has 6 N–H and O–H groups in total. The molecule has 0 aliphatic carbocycles. The molecular formula is C42H76Cl6N8OS2. The molecule has 9 nitrogen and oxygen atoms in total. The van der Waals surface area contributed by atoms with E-state index in [-0.39, 0.29) is 55.1 Å². The van der Waals surface area contributed by atoms with E-state index in [0.29, 0.717) is 0 Å². The summed E-state index contributed by atoms with van der Waals surface area (Å²) in [4.78, 5) is 10.2. The number of thiocarbonyl (C=S) groups is 2. The van der Waals surface area contributed by atoms with Crippen LogP contribution in [0.1, 0.15) is 89.2 Å². The van der Waals surface area contributed by atoms with Crippen molar-refractivity contribution in [2.24, 2.45) is 0 Å². The predicted molar refractivity (Wildman–Crippen MR) is 274 cm³/mol. The molecule has 2 aliphatic heterocycles. The molecule has 0 unspecified atom stereocenters. The van der Waals surface area contributed by atoms with Gasteiger partial charge in [0, 0.05) is 102 Å². The molecule has 0 atom stereocenters. The Hall–Kier alpha value is -0.640. The zero-order valence-corrected chi connectivity index (χ0v) is 41.9. The summed E-state index contributed by atoms with van der Waals surface area (Å²) in [6.45, 7) is 21.8. The second-order valence-corrected chi connectivity index (χ2v) is 16.4. The molecule has 2 heterocycles. The van der Waals surface area contributed by atoms with Crippen LogP contribution < -0.4 is 21.3 Å². The van der Waals surface area contributed by atoms with E-state index < -0.39 is 0 Å². The highest BCUT2D eigenvalue weighted by atomic mass is 35.5. The molecule has 59 heavy (non-hydrogen) atoms. The van der Waals surface area contributed by atoms with E-state index in [1.807, 2.05) is 24.3 Å². The number of nitrogens with one attached hydrogen (secondary N) is 4. The van der Waals surface area contributed by atoms with Crippen LogP contribution in [0.3, 0.4) is 0 Å². The van der Waals surface area contributed by atoms with Gasteiger partial charge in [0.05, 0.1) is 0 Å². The Labute approximate surface area is 403 Å². The number of unbranched alkanes of at least 4 members (excludes halogenated alkanes) is 6. The first kappa shape index (κ1) is 62.7. The van der Waals surface area contributed by atoms with Crippen LogP contribution >= 0.6 is 97.3 Å². The smallest absolute Gasteiger partial charge is 0.166 e. The molecular weight excluding hydrogens is 909 g/mol. The minimum absolute atomic E-state index is 0. The number of halogens is 6. The normalized spacial score (nSPS) is 14.3. The molecule has 0 radical (unpaired) electrons. The first-order chi connectivity index (χ1) is 26.3. The molecule has 0 bridgehead atoms. The van der Waals surface area contributed by atoms with Crippen LogP contribution in [0.5, 0.6) is 0 Å². The van der Waals surface area contributed by atoms with Gasteiger partial charge < -0.3 is 36.5 Å². The van der Waals surface area contributed by atoms with Gasteiger partial charge in [-0.25, -0.2) is 0 Å². The molecule has 2 aromatic carbocycles. The van der Waals surface area contributed by atoms with Crippen molar-refractivity contribution in [3.63, 3.8) is 0 Å². The maximum Gasteiger partial charge on any atom is 0.166 e. The third-order valence-corrected chi connectivity index (χ3v) is 11.2. The van der Waals surface area contributed by atoms with E-state index in [4.69, 9.17) is 47.6 Å². The quantitative estimate of drug-likeness (QED) is 0.0680. The van der Waals surface area contributed by atoms with Crippen LogP contribution in [0.25, 0.3) is 0 Å². The first-order valence-corrected chi connectivity index (χ1v) is 22.3. The van der Waals surface area contributed by atoms with Crippen molar-refractivity contribution in [3.05, 3.63) is 69.7 Å². The molecule has 4 rings (SSSR count). The van der Waals surface area contributed by atoms with Crippen LogP contribution in [0.2, 0.25) is 10.0 Å². The lowest BCUT2D eigenvalue weighted by Gasteiger charge is -2.34. The van der Waals surface area contributed by atoms with Crippen LogP contribution in [0, 0.1) is 0 Å². The fourth-order valence-electron chi connectivity index (χ4n) is 6.68. The fraction of sp³-hybridized carbons (Fsp3) is 0.667. The van der Waals surface area contributed by atoms with Gasteiger partial charge in [-0.3, -0.25) is 9.80 Å². The second-order valence-electron chi connectivity index (χ2n) is 14.7. The third-order valence-electron chi connectivity index (χ3n) is 10.1. The largest absolute Gasteiger partial charge is 0.412 e. The Balaban J connectivity index is -0.000000980. The zero-order chi connectivity index (χ0) is 38.6. The van der Waals surface area contributed by atoms with Gasteiger partial charge in [0.15, 0.2) is 10.2 Å². The van der Waals surface area contributed by atoms with Gasteiger partial charge in [0.2, 0.25) is 0 Å². The minimum atomic E-state index is 0. The molecule has 0 spiro atoms. The molecule has 2 aromatic rings. The van der Waals surface area contributed by atoms with Gasteiger partial charge in [-0.1, -0.05) is 99.8 Å². The number of nitrogens with zero attached hydrogens (tertiary/aromatic N) is 4. The van der Waals surface area contributed by atoms with Crippen LogP contribution in [-0.4, -0.2) is 127 Å². The first-order valence-electron chi connectivity index (χ1n) is 20.8. The van der Waals surface area contributed by atoms with Crippen molar-refractivity contribution in [2.75, 3.05) is 91.6 Å². The molecule has 0 amide bonds. The van der Waals surface area contributed by atoms with Gasteiger partial charge in [-0.05, 0) is 98.6 Å². The number of benzene rings is 2. The van der Waals surface area contributed by atoms with E-state index in [1.54, 1.807) is 0 Å². The molecule has 2 fully saturated rings. The summed E-state index contributed by atoms with van der Waals surface area (Å²) in [6, 6.07) is 16.4. The van der Waals surface area contributed by atoms with Crippen LogP contribution in [0.15, 0.2) is 48.5 Å². The van der Waals surface area contributed by atoms with Crippen LogP contribution in [0.4, 0.5) is 0 Å². The highest BCUT2D eigenvalue weighted by Crippen LogP contribution is 2.14. The van der Waals surface area contributed by atoms with Gasteiger partial charge in [-0.2, -0.15) is 0 Å². The average Bonchev–Trinajstić information content (AvgIpc) is 3.18. The number of piperazine rings is 2. The SMILES string of the molecule is CCCCCCNC(=S)NCCCN1CCN(Cc2ccc(Cl)cc2)CC1.CCCCCCNC(=S)NCCCN1CCN(Cc2ccc(Cl)cc2)CC1.Cl.Cl.Cl.Cl.O. The molecule has 0 saturated carbocycles. The van der Waals surface area contributed by atoms with Crippen LogP contribution in [-0.2, 0) is 13.1 Å². The molecule has 344 valence electrons. The molecule has 2 aliphatic rings. The Kier molecular flexibility index (Phi) is 42.6. The lowest BCUT2D eigenvalue weighted by Crippen LogP contribution is -2.46. The van der Waals surface area contributed by atoms with E-state index >= 15 is 0 Å². The molecule has 0 aromatic heterocycles. The van der Waals surface area contributed by atoms with Crippen molar-refractivity contribution in [1.82, 2.24) is 40.9 Å². The molecule has 17 heteroatoms. The van der Waals surface area contributed by atoms with E-state index in [9.17, 15) is 0 Å². The number of hydrogen-bond acceptors (Lipinski definition) is 6. The van der Waals surface area contributed by atoms with E-state index in [0.717, 1.165) is 138 Å². The topological polar surface area (TPSA) is 92.6 Å². The van der Waals surface area contributed by atoms with Crippen molar-refractivity contribution >= 4 is 107 Å². The summed E-state index contributed by atoms with van der Waals surface area (Å²) in [7, 11) is 0. The minimum Gasteiger partial charge on any atom is -0.412 e. The summed E-state index contributed by atoms with van der Waals surface area (Å²) in [5.41, 5.74) is 2.68. The Bertz CT molecular complexity index is 1180. The van der Waals surface area contributed by atoms with Crippen molar-refractivity contribution in [2.45, 2.75) is 91.1 Å². The van der Waals surface area contributed by atoms with Crippen molar-refractivity contribution < 1.29 is 5.48 Å². The number of rotatable bonds is 22. The Morgan fingerprint density at radius 1 is 0.458 bits per heavy atom. The summed E-state index contributed by atoms with van der Waals surface area (Å²) < 4.78 is 0.